The van der Waals surface area contributed by atoms with Crippen molar-refractivity contribution in [2.45, 2.75) is 6.42 Å². The minimum absolute atomic E-state index is 0.231. The fourth-order valence-corrected chi connectivity index (χ4v) is 1.96. The molecule has 0 fully saturated rings. The highest BCUT2D eigenvalue weighted by molar-refractivity contribution is 6.01. The first-order valence-electron chi connectivity index (χ1n) is 6.18. The van der Waals surface area contributed by atoms with Crippen molar-refractivity contribution in [3.8, 4) is 17.2 Å². The maximum absolute atomic E-state index is 9.21. The lowest BCUT2D eigenvalue weighted by molar-refractivity contribution is 0.464. The van der Waals surface area contributed by atoms with Crippen molar-refractivity contribution in [2.75, 3.05) is 6.54 Å². The van der Waals surface area contributed by atoms with E-state index < -0.39 is 0 Å². The molecule has 1 heterocycles. The summed E-state index contributed by atoms with van der Waals surface area (Å²) >= 11 is 0. The van der Waals surface area contributed by atoms with Gasteiger partial charge in [-0.15, -0.1) is 0 Å². The molecule has 2 aromatic rings. The summed E-state index contributed by atoms with van der Waals surface area (Å²) in [7, 11) is 0. The number of nitrogens with one attached hydrogen (secondary N) is 1. The van der Waals surface area contributed by atoms with Crippen LogP contribution in [0.5, 0.6) is 17.2 Å². The van der Waals surface area contributed by atoms with Gasteiger partial charge in [0.1, 0.15) is 17.2 Å². The van der Waals surface area contributed by atoms with Crippen molar-refractivity contribution >= 4 is 5.71 Å². The summed E-state index contributed by atoms with van der Waals surface area (Å²) in [5.41, 5.74) is 5.16. The molecule has 0 saturated heterocycles. The second-order valence-corrected chi connectivity index (χ2v) is 4.34. The normalized spacial score (nSPS) is 13.8. The fourth-order valence-electron chi connectivity index (χ4n) is 1.96. The number of hydrazone groups is 1. The first kappa shape index (κ1) is 11.6. The first-order chi connectivity index (χ1) is 9.31. The van der Waals surface area contributed by atoms with Gasteiger partial charge in [-0.25, -0.2) is 0 Å². The largest absolute Gasteiger partial charge is 0.508 e. The number of nitrogens with zero attached hydrogens (tertiary/aromatic N) is 1. The summed E-state index contributed by atoms with van der Waals surface area (Å²) in [6.07, 6.45) is 0.957. The maximum Gasteiger partial charge on any atom is 0.127 e. The average molecular weight is 254 g/mol. The molecule has 2 N–H and O–H groups in total. The number of phenolic OH excluding ortho intramolecular Hbond substituents is 1. The predicted octanol–water partition coefficient (Wildman–Crippen LogP) is 2.88. The van der Waals surface area contributed by atoms with Crippen molar-refractivity contribution in [2.24, 2.45) is 5.10 Å². The van der Waals surface area contributed by atoms with E-state index in [9.17, 15) is 5.11 Å². The zero-order valence-electron chi connectivity index (χ0n) is 10.3. The number of ether oxygens (including phenoxy) is 1. The fraction of sp³-hybridized carbons (Fsp3) is 0.133. The Morgan fingerprint density at radius 2 is 1.58 bits per heavy atom. The topological polar surface area (TPSA) is 53.9 Å². The zero-order valence-corrected chi connectivity index (χ0v) is 10.3. The maximum atomic E-state index is 9.21. The van der Waals surface area contributed by atoms with Gasteiger partial charge in [-0.1, -0.05) is 0 Å². The number of hydrogen-bond acceptors (Lipinski definition) is 4. The molecule has 96 valence electrons. The van der Waals surface area contributed by atoms with E-state index in [1.165, 1.54) is 0 Å². The van der Waals surface area contributed by atoms with Gasteiger partial charge in [-0.05, 0) is 54.1 Å². The summed E-state index contributed by atoms with van der Waals surface area (Å²) in [4.78, 5) is 0. The van der Waals surface area contributed by atoms with Crippen LogP contribution in [0.2, 0.25) is 0 Å². The third-order valence-corrected chi connectivity index (χ3v) is 2.95. The van der Waals surface area contributed by atoms with E-state index in [1.54, 1.807) is 24.3 Å². The van der Waals surface area contributed by atoms with Crippen molar-refractivity contribution in [3.05, 3.63) is 54.1 Å². The van der Waals surface area contributed by atoms with Crippen LogP contribution in [0.3, 0.4) is 0 Å². The number of benzene rings is 2. The van der Waals surface area contributed by atoms with Crippen LogP contribution in [0, 0.1) is 0 Å². The smallest absolute Gasteiger partial charge is 0.127 e. The molecule has 0 saturated carbocycles. The molecule has 0 aliphatic carbocycles. The Bertz CT molecular complexity index is 589. The molecule has 0 aromatic heterocycles. The highest BCUT2D eigenvalue weighted by Gasteiger charge is 2.08. The van der Waals surface area contributed by atoms with E-state index in [0.717, 1.165) is 30.0 Å². The molecule has 4 nitrogen and oxygen atoms in total. The Kier molecular flexibility index (Phi) is 3.06. The quantitative estimate of drug-likeness (QED) is 0.885. The molecule has 4 heteroatoms. The molecule has 0 atom stereocenters. The summed E-state index contributed by atoms with van der Waals surface area (Å²) in [5.74, 6) is 1.70. The van der Waals surface area contributed by atoms with E-state index in [2.05, 4.69) is 10.5 Å². The lowest BCUT2D eigenvalue weighted by Crippen LogP contribution is -1.97. The van der Waals surface area contributed by atoms with Gasteiger partial charge in [0.25, 0.3) is 0 Å². The molecule has 2 aromatic carbocycles. The van der Waals surface area contributed by atoms with Gasteiger partial charge >= 0.3 is 0 Å². The Morgan fingerprint density at radius 3 is 2.16 bits per heavy atom. The number of hydrogen-bond donors (Lipinski definition) is 2. The third kappa shape index (κ3) is 2.68. The molecule has 1 aliphatic heterocycles. The number of rotatable bonds is 3. The van der Waals surface area contributed by atoms with Crippen molar-refractivity contribution in [1.29, 1.82) is 0 Å². The van der Waals surface area contributed by atoms with Crippen LogP contribution in [-0.2, 0) is 0 Å². The van der Waals surface area contributed by atoms with Crippen molar-refractivity contribution in [3.63, 3.8) is 0 Å². The number of aromatic hydroxyl groups is 1. The summed E-state index contributed by atoms with van der Waals surface area (Å²) in [5, 5.41) is 13.4. The first-order valence-corrected chi connectivity index (χ1v) is 6.18. The molecule has 1 aliphatic rings. The Labute approximate surface area is 111 Å². The van der Waals surface area contributed by atoms with Crippen molar-refractivity contribution < 1.29 is 9.84 Å². The van der Waals surface area contributed by atoms with Crippen LogP contribution in [0.15, 0.2) is 53.6 Å². The van der Waals surface area contributed by atoms with Gasteiger partial charge in [-0.3, -0.25) is 0 Å². The molecule has 0 radical (unpaired) electrons. The monoisotopic (exact) mass is 254 g/mol. The summed E-state index contributed by atoms with van der Waals surface area (Å²) < 4.78 is 5.68. The van der Waals surface area contributed by atoms with E-state index >= 15 is 0 Å². The standard InChI is InChI=1S/C15H14N2O2/c18-12-3-7-14(8-4-12)19-13-5-1-11(2-6-13)15-9-10-16-17-15/h1-8,16,18H,9-10H2. The predicted molar refractivity (Wildman–Crippen MR) is 73.8 cm³/mol. The molecular formula is C15H14N2O2. The van der Waals surface area contributed by atoms with Crippen LogP contribution in [0.1, 0.15) is 12.0 Å². The molecule has 0 bridgehead atoms. The van der Waals surface area contributed by atoms with Crippen LogP contribution < -0.4 is 10.2 Å². The third-order valence-electron chi connectivity index (χ3n) is 2.95. The van der Waals surface area contributed by atoms with Crippen LogP contribution in [0.4, 0.5) is 0 Å². The highest BCUT2D eigenvalue weighted by Crippen LogP contribution is 2.24. The van der Waals surface area contributed by atoms with Crippen LogP contribution in [0.25, 0.3) is 0 Å². The van der Waals surface area contributed by atoms with E-state index in [1.807, 2.05) is 24.3 Å². The average Bonchev–Trinajstić information content (AvgIpc) is 2.96. The van der Waals surface area contributed by atoms with Crippen LogP contribution in [-0.4, -0.2) is 17.4 Å². The van der Waals surface area contributed by atoms with Crippen LogP contribution >= 0.6 is 0 Å². The molecular weight excluding hydrogens is 240 g/mol. The molecule has 0 spiro atoms. The molecule has 19 heavy (non-hydrogen) atoms. The Hall–Kier alpha value is -2.49. The lowest BCUT2D eigenvalue weighted by Gasteiger charge is -2.06. The molecule has 0 unspecified atom stereocenters. The van der Waals surface area contributed by atoms with E-state index in [0.29, 0.717) is 5.75 Å². The van der Waals surface area contributed by atoms with Crippen molar-refractivity contribution in [1.82, 2.24) is 5.43 Å². The van der Waals surface area contributed by atoms with Gasteiger partial charge in [0.15, 0.2) is 0 Å². The van der Waals surface area contributed by atoms with Gasteiger partial charge < -0.3 is 15.3 Å². The zero-order chi connectivity index (χ0) is 13.1. The van der Waals surface area contributed by atoms with E-state index in [4.69, 9.17) is 4.74 Å². The highest BCUT2D eigenvalue weighted by atomic mass is 16.5. The van der Waals surface area contributed by atoms with E-state index in [-0.39, 0.29) is 5.75 Å². The lowest BCUT2D eigenvalue weighted by atomic mass is 10.1. The minimum Gasteiger partial charge on any atom is -0.508 e. The summed E-state index contributed by atoms with van der Waals surface area (Å²) in [6.45, 7) is 0.904. The SMILES string of the molecule is Oc1ccc(Oc2ccc(C3=NNCC3)cc2)cc1. The summed E-state index contributed by atoms with van der Waals surface area (Å²) in [6, 6.07) is 14.5. The number of phenols is 1. The molecule has 3 rings (SSSR count). The van der Waals surface area contributed by atoms with Gasteiger partial charge in [0.05, 0.1) is 5.71 Å². The second kappa shape index (κ2) is 5.02. The minimum atomic E-state index is 0.231. The van der Waals surface area contributed by atoms with Gasteiger partial charge in [0, 0.05) is 13.0 Å². The second-order valence-electron chi connectivity index (χ2n) is 4.34. The Balaban J connectivity index is 1.73. The molecule has 0 amide bonds. The van der Waals surface area contributed by atoms with Gasteiger partial charge in [0.2, 0.25) is 0 Å². The van der Waals surface area contributed by atoms with Gasteiger partial charge in [-0.2, -0.15) is 5.10 Å². The Morgan fingerprint density at radius 1 is 0.947 bits per heavy atom.